The van der Waals surface area contributed by atoms with E-state index in [1.807, 2.05) is 16.8 Å². The number of ether oxygens (including phenoxy) is 1. The highest BCUT2D eigenvalue weighted by Crippen LogP contribution is 2.38. The second-order valence-corrected chi connectivity index (χ2v) is 9.55. The van der Waals surface area contributed by atoms with Gasteiger partial charge in [-0.1, -0.05) is 0 Å². The number of fused-ring (bicyclic) bond motifs is 1. The van der Waals surface area contributed by atoms with E-state index in [-0.39, 0.29) is 24.2 Å². The van der Waals surface area contributed by atoms with Gasteiger partial charge in [0.1, 0.15) is 17.2 Å². The van der Waals surface area contributed by atoms with E-state index in [0.29, 0.717) is 55.8 Å². The quantitative estimate of drug-likeness (QED) is 0.680. The Hall–Kier alpha value is -2.67. The van der Waals surface area contributed by atoms with Gasteiger partial charge < -0.3 is 20.1 Å². The van der Waals surface area contributed by atoms with Crippen LogP contribution in [0.5, 0.6) is 0 Å². The maximum atomic E-state index is 12.4. The number of thiophene rings is 2. The number of hydrogen-bond donors (Lipinski definition) is 2. The van der Waals surface area contributed by atoms with Crippen LogP contribution in [0.2, 0.25) is 0 Å². The minimum atomic E-state index is -0.343. The fourth-order valence-electron chi connectivity index (χ4n) is 3.82. The van der Waals surface area contributed by atoms with Gasteiger partial charge in [-0.25, -0.2) is 4.79 Å². The van der Waals surface area contributed by atoms with Gasteiger partial charge >= 0.3 is 6.09 Å². The van der Waals surface area contributed by atoms with Crippen LogP contribution in [0.3, 0.4) is 0 Å². The Balaban J connectivity index is 1.39. The molecule has 0 saturated carbocycles. The van der Waals surface area contributed by atoms with Crippen LogP contribution in [0.1, 0.15) is 40.8 Å². The summed E-state index contributed by atoms with van der Waals surface area (Å²) < 4.78 is 5.70. The number of nitrogens with zero attached hydrogens (tertiary/aromatic N) is 2. The normalized spacial score (nSPS) is 19.1. The van der Waals surface area contributed by atoms with Crippen molar-refractivity contribution in [1.29, 1.82) is 5.26 Å². The molecular weight excluding hydrogens is 434 g/mol. The van der Waals surface area contributed by atoms with Gasteiger partial charge in [0.05, 0.1) is 11.7 Å². The first-order valence-corrected chi connectivity index (χ1v) is 12.0. The smallest absolute Gasteiger partial charge is 0.410 e. The lowest BCUT2D eigenvalue weighted by molar-refractivity contribution is -0.111. The van der Waals surface area contributed by atoms with Crippen molar-refractivity contribution in [3.63, 3.8) is 0 Å². The number of piperidine rings is 1. The van der Waals surface area contributed by atoms with E-state index in [1.165, 1.54) is 17.4 Å². The van der Waals surface area contributed by atoms with E-state index in [0.717, 1.165) is 16.0 Å². The summed E-state index contributed by atoms with van der Waals surface area (Å²) in [4.78, 5) is 27.4. The number of carbonyl (C=O) groups excluding carboxylic acids is 2. The first-order chi connectivity index (χ1) is 15.0. The molecule has 0 bridgehead atoms. The number of aliphatic hydroxyl groups excluding tert-OH is 1. The minimum absolute atomic E-state index is 0.251. The summed E-state index contributed by atoms with van der Waals surface area (Å²) in [6.45, 7) is 1.01. The van der Waals surface area contributed by atoms with Crippen molar-refractivity contribution in [2.75, 3.05) is 18.4 Å². The molecule has 0 aromatic carbocycles. The van der Waals surface area contributed by atoms with Gasteiger partial charge in [-0.15, -0.1) is 11.3 Å². The van der Waals surface area contributed by atoms with Crippen LogP contribution in [0, 0.1) is 11.3 Å². The molecular formula is C22H23N3O4S2. The van der Waals surface area contributed by atoms with Crippen LogP contribution < -0.4 is 5.32 Å². The highest BCUT2D eigenvalue weighted by atomic mass is 32.1. The molecule has 1 fully saturated rings. The molecule has 1 saturated heterocycles. The molecule has 0 spiro atoms. The highest BCUT2D eigenvalue weighted by Gasteiger charge is 2.30. The van der Waals surface area contributed by atoms with Gasteiger partial charge in [-0.2, -0.15) is 16.6 Å². The van der Waals surface area contributed by atoms with E-state index in [2.05, 4.69) is 11.4 Å². The predicted octanol–water partition coefficient (Wildman–Crippen LogP) is 3.78. The van der Waals surface area contributed by atoms with Crippen molar-refractivity contribution in [3.8, 4) is 6.07 Å². The van der Waals surface area contributed by atoms with E-state index in [1.54, 1.807) is 22.3 Å². The summed E-state index contributed by atoms with van der Waals surface area (Å²) in [6.07, 6.45) is 5.22. The molecule has 1 aliphatic heterocycles. The number of anilines is 1. The lowest BCUT2D eigenvalue weighted by Crippen LogP contribution is -2.42. The molecule has 2 N–H and O–H groups in total. The van der Waals surface area contributed by atoms with Gasteiger partial charge in [-0.05, 0) is 59.7 Å². The van der Waals surface area contributed by atoms with Crippen LogP contribution in [0.15, 0.2) is 22.9 Å². The Morgan fingerprint density at radius 2 is 2.13 bits per heavy atom. The summed E-state index contributed by atoms with van der Waals surface area (Å²) in [5.41, 5.74) is 2.41. The van der Waals surface area contributed by atoms with Crippen molar-refractivity contribution < 1.29 is 19.4 Å². The van der Waals surface area contributed by atoms with Gasteiger partial charge in [0, 0.05) is 30.5 Å². The summed E-state index contributed by atoms with van der Waals surface area (Å²) in [5.74, 6) is -0.281. The highest BCUT2D eigenvalue weighted by molar-refractivity contribution is 7.16. The number of rotatable bonds is 4. The van der Waals surface area contributed by atoms with Gasteiger partial charge in [0.2, 0.25) is 5.91 Å². The van der Waals surface area contributed by atoms with Crippen molar-refractivity contribution >= 4 is 45.8 Å². The maximum absolute atomic E-state index is 12.4. The van der Waals surface area contributed by atoms with E-state index < -0.39 is 0 Å². The molecule has 3 heterocycles. The van der Waals surface area contributed by atoms with Crippen LogP contribution >= 0.6 is 22.7 Å². The molecule has 1 unspecified atom stereocenters. The van der Waals surface area contributed by atoms with Crippen molar-refractivity contribution in [1.82, 2.24) is 4.90 Å². The molecule has 7 nitrogen and oxygen atoms in total. The van der Waals surface area contributed by atoms with Crippen molar-refractivity contribution in [3.05, 3.63) is 44.5 Å². The standard InChI is InChI=1S/C22H23N3O4S2/c23-12-18-17-3-2-16(29-22(28)25-8-5-15(26)6-9-25)11-19(17)31-21(18)24-20(27)4-1-14-7-10-30-13-14/h1,4,7,10,13,15-16,26H,2-3,5-6,8-9,11H2,(H,24,27)/b4-1+. The lowest BCUT2D eigenvalue weighted by atomic mass is 9.94. The molecule has 2 aliphatic rings. The van der Waals surface area contributed by atoms with E-state index in [4.69, 9.17) is 4.74 Å². The molecule has 2 aromatic heterocycles. The molecule has 1 aliphatic carbocycles. The maximum Gasteiger partial charge on any atom is 0.410 e. The molecule has 2 amide bonds. The van der Waals surface area contributed by atoms with Gasteiger partial charge in [0.15, 0.2) is 0 Å². The molecule has 9 heteroatoms. The van der Waals surface area contributed by atoms with Crippen molar-refractivity contribution in [2.45, 2.75) is 44.3 Å². The van der Waals surface area contributed by atoms with Gasteiger partial charge in [0.25, 0.3) is 0 Å². The van der Waals surface area contributed by atoms with Gasteiger partial charge in [-0.3, -0.25) is 4.79 Å². The fourth-order valence-corrected chi connectivity index (χ4v) is 5.72. The lowest BCUT2D eigenvalue weighted by Gasteiger charge is -2.31. The number of carbonyl (C=O) groups is 2. The molecule has 1 atom stereocenters. The van der Waals surface area contributed by atoms with Crippen LogP contribution in [-0.4, -0.2) is 47.3 Å². The number of nitriles is 1. The number of nitrogens with one attached hydrogen (secondary N) is 1. The fraction of sp³-hybridized carbons (Fsp3) is 0.409. The summed E-state index contributed by atoms with van der Waals surface area (Å²) >= 11 is 2.94. The van der Waals surface area contributed by atoms with Crippen LogP contribution in [0.4, 0.5) is 9.80 Å². The topological polar surface area (TPSA) is 103 Å². The first kappa shape index (κ1) is 21.6. The monoisotopic (exact) mass is 457 g/mol. The van der Waals surface area contributed by atoms with E-state index in [9.17, 15) is 20.0 Å². The second-order valence-electron chi connectivity index (χ2n) is 7.67. The van der Waals surface area contributed by atoms with Crippen molar-refractivity contribution in [2.24, 2.45) is 0 Å². The Labute approximate surface area is 188 Å². The Morgan fingerprint density at radius 1 is 1.32 bits per heavy atom. The summed E-state index contributed by atoms with van der Waals surface area (Å²) in [5, 5.41) is 26.5. The summed E-state index contributed by atoms with van der Waals surface area (Å²) in [7, 11) is 0. The van der Waals surface area contributed by atoms with Crippen LogP contribution in [-0.2, 0) is 22.4 Å². The second kappa shape index (κ2) is 9.64. The molecule has 4 rings (SSSR count). The third-order valence-electron chi connectivity index (χ3n) is 5.53. The Bertz CT molecular complexity index is 1010. The Morgan fingerprint density at radius 3 is 2.84 bits per heavy atom. The largest absolute Gasteiger partial charge is 0.446 e. The third kappa shape index (κ3) is 5.15. The van der Waals surface area contributed by atoms with E-state index >= 15 is 0 Å². The summed E-state index contributed by atoms with van der Waals surface area (Å²) in [6, 6.07) is 4.15. The predicted molar refractivity (Wildman–Crippen MR) is 120 cm³/mol. The number of likely N-dealkylation sites (tertiary alicyclic amines) is 1. The average molecular weight is 458 g/mol. The number of aliphatic hydroxyl groups is 1. The zero-order valence-corrected chi connectivity index (χ0v) is 18.5. The SMILES string of the molecule is N#Cc1c(NC(=O)/C=C/c2ccsc2)sc2c1CCC(OC(=O)N1CCC(O)CC1)C2. The first-order valence-electron chi connectivity index (χ1n) is 10.2. The molecule has 31 heavy (non-hydrogen) atoms. The molecule has 162 valence electrons. The van der Waals surface area contributed by atoms with Crippen LogP contribution in [0.25, 0.3) is 6.08 Å². The number of hydrogen-bond acceptors (Lipinski definition) is 7. The third-order valence-corrected chi connectivity index (χ3v) is 7.40. The molecule has 2 aromatic rings. The average Bonchev–Trinajstić information content (AvgIpc) is 3.39. The zero-order valence-electron chi connectivity index (χ0n) is 16.9. The Kier molecular flexibility index (Phi) is 6.70. The number of amides is 2. The zero-order chi connectivity index (χ0) is 21.8. The molecule has 0 radical (unpaired) electrons. The minimum Gasteiger partial charge on any atom is -0.446 e.